The van der Waals surface area contributed by atoms with E-state index in [0.717, 1.165) is 24.0 Å². The van der Waals surface area contributed by atoms with Crippen LogP contribution in [0.5, 0.6) is 0 Å². The number of guanidine groups is 1. The highest BCUT2D eigenvalue weighted by atomic mass is 16.3. The van der Waals surface area contributed by atoms with E-state index in [0.29, 0.717) is 19.4 Å². The molecule has 2 aliphatic carbocycles. The second-order valence-corrected chi connectivity index (χ2v) is 9.81. The van der Waals surface area contributed by atoms with Gasteiger partial charge in [0, 0.05) is 18.9 Å². The molecule has 31 heavy (non-hydrogen) atoms. The van der Waals surface area contributed by atoms with E-state index in [1.807, 2.05) is 45.0 Å². The topological polar surface area (TPSA) is 108 Å². The second kappa shape index (κ2) is 7.62. The van der Waals surface area contributed by atoms with Gasteiger partial charge in [-0.25, -0.2) is 4.99 Å². The second-order valence-electron chi connectivity index (χ2n) is 9.81. The van der Waals surface area contributed by atoms with Crippen molar-refractivity contribution in [1.82, 2.24) is 10.2 Å². The predicted molar refractivity (Wildman–Crippen MR) is 119 cm³/mol. The molecule has 1 fully saturated rings. The van der Waals surface area contributed by atoms with Crippen LogP contribution in [-0.4, -0.2) is 45.5 Å². The zero-order valence-corrected chi connectivity index (χ0v) is 18.9. The molecule has 1 aromatic carbocycles. The minimum atomic E-state index is -1.02. The lowest BCUT2D eigenvalue weighted by Crippen LogP contribution is -2.52. The Morgan fingerprint density at radius 3 is 2.61 bits per heavy atom. The van der Waals surface area contributed by atoms with Crippen LogP contribution in [0.25, 0.3) is 0 Å². The number of benzene rings is 1. The fraction of sp³-hybridized carbons (Fsp3) is 0.625. The average Bonchev–Trinajstić information content (AvgIpc) is 3.29. The van der Waals surface area contributed by atoms with Crippen LogP contribution in [0.3, 0.4) is 0 Å². The summed E-state index contributed by atoms with van der Waals surface area (Å²) in [6, 6.07) is 7.41. The van der Waals surface area contributed by atoms with Crippen molar-refractivity contribution in [2.45, 2.75) is 70.6 Å². The summed E-state index contributed by atoms with van der Waals surface area (Å²) in [6.45, 7) is 8.27. The Hall–Kier alpha value is -2.41. The van der Waals surface area contributed by atoms with Gasteiger partial charge in [-0.15, -0.1) is 0 Å². The summed E-state index contributed by atoms with van der Waals surface area (Å²) in [5.41, 5.74) is 6.81. The lowest BCUT2D eigenvalue weighted by molar-refractivity contribution is -0.130. The molecular formula is C24H34N4O3. The summed E-state index contributed by atoms with van der Waals surface area (Å²) in [5.74, 6) is 0.165. The molecule has 7 heteroatoms. The third-order valence-electron chi connectivity index (χ3n) is 7.81. The summed E-state index contributed by atoms with van der Waals surface area (Å²) in [5, 5.41) is 14.0. The van der Waals surface area contributed by atoms with Gasteiger partial charge in [0.15, 0.2) is 5.96 Å². The van der Waals surface area contributed by atoms with E-state index in [-0.39, 0.29) is 35.5 Å². The summed E-state index contributed by atoms with van der Waals surface area (Å²) in [6.07, 6.45) is 2.43. The molecule has 7 nitrogen and oxygen atoms in total. The molecule has 0 aromatic heterocycles. The molecule has 0 spiro atoms. The van der Waals surface area contributed by atoms with Gasteiger partial charge in [0.05, 0.1) is 23.6 Å². The summed E-state index contributed by atoms with van der Waals surface area (Å²) < 4.78 is 0. The molecule has 4 rings (SSSR count). The van der Waals surface area contributed by atoms with Crippen LogP contribution in [0.4, 0.5) is 0 Å². The van der Waals surface area contributed by atoms with E-state index in [9.17, 15) is 14.7 Å². The third kappa shape index (κ3) is 3.73. The number of nitrogens with one attached hydrogen (secondary N) is 1. The van der Waals surface area contributed by atoms with Crippen LogP contribution in [0, 0.1) is 17.8 Å². The largest absolute Gasteiger partial charge is 0.387 e. The number of hydrogen-bond donors (Lipinski definition) is 3. The average molecular weight is 427 g/mol. The van der Waals surface area contributed by atoms with Crippen molar-refractivity contribution in [3.8, 4) is 0 Å². The molecule has 1 unspecified atom stereocenters. The van der Waals surface area contributed by atoms with Gasteiger partial charge >= 0.3 is 0 Å². The van der Waals surface area contributed by atoms with E-state index >= 15 is 0 Å². The molecule has 0 saturated heterocycles. The van der Waals surface area contributed by atoms with E-state index in [1.165, 1.54) is 0 Å². The number of hydrogen-bond acceptors (Lipinski definition) is 5. The van der Waals surface area contributed by atoms with E-state index in [4.69, 9.17) is 5.73 Å². The number of aliphatic imine (C=N–C) groups is 1. The molecule has 4 N–H and O–H groups in total. The SMILES string of the molecule is CCC1(CC)CC(=O)N(C[C@H]2C(C)[C@@H]2C(=O)N[C@@H]2c3ccccc3C[C@]2(C)O)C(N)=N1. The first-order valence-corrected chi connectivity index (χ1v) is 11.4. The zero-order chi connectivity index (χ0) is 22.6. The number of nitrogens with zero attached hydrogens (tertiary/aromatic N) is 2. The highest BCUT2D eigenvalue weighted by molar-refractivity contribution is 5.99. The number of fused-ring (bicyclic) bond motifs is 1. The van der Waals surface area contributed by atoms with Gasteiger partial charge in [0.1, 0.15) is 0 Å². The molecule has 168 valence electrons. The van der Waals surface area contributed by atoms with Crippen molar-refractivity contribution in [1.29, 1.82) is 0 Å². The van der Waals surface area contributed by atoms with Crippen LogP contribution in [-0.2, 0) is 16.0 Å². The monoisotopic (exact) mass is 426 g/mol. The smallest absolute Gasteiger partial charge is 0.231 e. The lowest BCUT2D eigenvalue weighted by Gasteiger charge is -2.36. The molecule has 1 aliphatic heterocycles. The normalized spacial score (nSPS) is 33.6. The molecule has 1 aromatic rings. The number of rotatable bonds is 6. The maximum atomic E-state index is 13.1. The first-order valence-electron chi connectivity index (χ1n) is 11.4. The highest BCUT2D eigenvalue weighted by Gasteiger charge is 2.55. The van der Waals surface area contributed by atoms with E-state index in [2.05, 4.69) is 10.3 Å². The number of aliphatic hydroxyl groups is 1. The molecule has 3 aliphatic rings. The van der Waals surface area contributed by atoms with Gasteiger partial charge in [0.2, 0.25) is 11.8 Å². The van der Waals surface area contributed by atoms with Crippen molar-refractivity contribution < 1.29 is 14.7 Å². The summed E-state index contributed by atoms with van der Waals surface area (Å²) in [4.78, 5) is 32.1. The van der Waals surface area contributed by atoms with Gasteiger partial charge in [-0.3, -0.25) is 14.5 Å². The molecule has 5 atom stereocenters. The van der Waals surface area contributed by atoms with Crippen molar-refractivity contribution in [2.24, 2.45) is 28.5 Å². The Labute approximate surface area is 184 Å². The van der Waals surface area contributed by atoms with E-state index in [1.54, 1.807) is 11.8 Å². The Balaban J connectivity index is 1.44. The Bertz CT molecular complexity index is 921. The summed E-state index contributed by atoms with van der Waals surface area (Å²) in [7, 11) is 0. The highest BCUT2D eigenvalue weighted by Crippen LogP contribution is 2.48. The van der Waals surface area contributed by atoms with Gasteiger partial charge in [-0.1, -0.05) is 45.0 Å². The van der Waals surface area contributed by atoms with Crippen molar-refractivity contribution in [3.05, 3.63) is 35.4 Å². The third-order valence-corrected chi connectivity index (χ3v) is 7.81. The van der Waals surface area contributed by atoms with Gasteiger partial charge in [-0.2, -0.15) is 0 Å². The number of carbonyl (C=O) groups is 2. The van der Waals surface area contributed by atoms with E-state index < -0.39 is 17.2 Å². The predicted octanol–water partition coefficient (Wildman–Crippen LogP) is 2.14. The molecule has 1 saturated carbocycles. The Kier molecular flexibility index (Phi) is 5.36. The van der Waals surface area contributed by atoms with Crippen molar-refractivity contribution >= 4 is 17.8 Å². The maximum Gasteiger partial charge on any atom is 0.231 e. The van der Waals surface area contributed by atoms with Crippen molar-refractivity contribution in [2.75, 3.05) is 6.54 Å². The van der Waals surface area contributed by atoms with Crippen LogP contribution < -0.4 is 11.1 Å². The van der Waals surface area contributed by atoms with Crippen molar-refractivity contribution in [3.63, 3.8) is 0 Å². The summed E-state index contributed by atoms with van der Waals surface area (Å²) >= 11 is 0. The van der Waals surface area contributed by atoms with Gasteiger partial charge in [0.25, 0.3) is 0 Å². The fourth-order valence-electron chi connectivity index (χ4n) is 5.44. The lowest BCUT2D eigenvalue weighted by atomic mass is 9.88. The number of amides is 2. The standard InChI is InChI=1S/C24H34N4O3/c1-5-24(6-2)12-18(29)28(22(25)27-24)13-17-14(3)19(17)21(30)26-20-16-10-8-7-9-15(16)11-23(20,4)31/h7-10,14,17,19-20,31H,5-6,11-13H2,1-4H3,(H2,25,27)(H,26,30)/t14?,17-,19-,20+,23-/m0/s1. The Morgan fingerprint density at radius 1 is 1.29 bits per heavy atom. The minimum absolute atomic E-state index is 0.0119. The van der Waals surface area contributed by atoms with Crippen LogP contribution in [0.1, 0.15) is 64.1 Å². The zero-order valence-electron chi connectivity index (χ0n) is 18.9. The molecule has 0 bridgehead atoms. The molecule has 0 radical (unpaired) electrons. The number of carbonyl (C=O) groups excluding carboxylic acids is 2. The van der Waals surface area contributed by atoms with Crippen LogP contribution in [0.2, 0.25) is 0 Å². The number of nitrogens with two attached hydrogens (primary N) is 1. The van der Waals surface area contributed by atoms with Crippen LogP contribution in [0.15, 0.2) is 29.3 Å². The van der Waals surface area contributed by atoms with Crippen LogP contribution >= 0.6 is 0 Å². The molecule has 2 amide bonds. The first kappa shape index (κ1) is 21.8. The molecule has 1 heterocycles. The quantitative estimate of drug-likeness (QED) is 0.648. The maximum absolute atomic E-state index is 13.1. The fourth-order valence-corrected chi connectivity index (χ4v) is 5.44. The first-order chi connectivity index (χ1) is 14.6. The minimum Gasteiger partial charge on any atom is -0.387 e. The van der Waals surface area contributed by atoms with Gasteiger partial charge in [-0.05, 0) is 42.7 Å². The van der Waals surface area contributed by atoms with Gasteiger partial charge < -0.3 is 16.2 Å². The molecular weight excluding hydrogens is 392 g/mol. The Morgan fingerprint density at radius 2 is 1.97 bits per heavy atom.